The van der Waals surface area contributed by atoms with Gasteiger partial charge in [-0.1, -0.05) is 58.4 Å². The van der Waals surface area contributed by atoms with E-state index >= 15 is 0 Å². The van der Waals surface area contributed by atoms with Gasteiger partial charge in [0.1, 0.15) is 0 Å². The van der Waals surface area contributed by atoms with Crippen molar-refractivity contribution in [1.82, 2.24) is 0 Å². The summed E-state index contributed by atoms with van der Waals surface area (Å²) < 4.78 is 0.662. The zero-order valence-electron chi connectivity index (χ0n) is 16.9. The monoisotopic (exact) mass is 494 g/mol. The summed E-state index contributed by atoms with van der Waals surface area (Å²) >= 11 is 3.37. The minimum Gasteiger partial charge on any atom is -0.375 e. The molecular weight excluding hydrogens is 476 g/mol. The largest absolute Gasteiger partial charge is 0.375 e. The smallest absolute Gasteiger partial charge is 0.270 e. The molecule has 1 atom stereocenters. The number of carbonyl (C=O) groups excluding carboxylic acids is 2. The predicted molar refractivity (Wildman–Crippen MR) is 123 cm³/mol. The SMILES string of the molecule is O=C(CC1(O)C(=O)N(CCc2ccccc2)c2ccc(Br)cc21)c1cccc([N+](=O)[O-])c1. The molecule has 0 radical (unpaired) electrons. The molecule has 32 heavy (non-hydrogen) atoms. The third-order valence-electron chi connectivity index (χ3n) is 5.56. The summed E-state index contributed by atoms with van der Waals surface area (Å²) in [6.07, 6.45) is 0.0648. The highest BCUT2D eigenvalue weighted by molar-refractivity contribution is 9.10. The number of Topliss-reactive ketones (excluding diaryl/α,β-unsaturated/α-hetero) is 1. The summed E-state index contributed by atoms with van der Waals surface area (Å²) in [5.74, 6) is -1.14. The van der Waals surface area contributed by atoms with Crippen molar-refractivity contribution in [2.45, 2.75) is 18.4 Å². The third kappa shape index (κ3) is 4.06. The standard InChI is InChI=1S/C24H19BrN2O5/c25-18-9-10-21-20(14-18)24(30,15-22(28)17-7-4-8-19(13-17)27(31)32)23(29)26(21)12-11-16-5-2-1-3-6-16/h1-10,13-14,30H,11-12,15H2. The fraction of sp³-hybridized carbons (Fsp3) is 0.167. The van der Waals surface area contributed by atoms with Crippen molar-refractivity contribution in [3.63, 3.8) is 0 Å². The number of aliphatic hydroxyl groups is 1. The maximum absolute atomic E-state index is 13.4. The first-order valence-electron chi connectivity index (χ1n) is 9.95. The average Bonchev–Trinajstić information content (AvgIpc) is 2.99. The van der Waals surface area contributed by atoms with Crippen LogP contribution in [-0.2, 0) is 16.8 Å². The number of carbonyl (C=O) groups is 2. The first-order chi connectivity index (χ1) is 15.3. The minimum absolute atomic E-state index is 0.0692. The zero-order valence-corrected chi connectivity index (χ0v) is 18.5. The molecule has 4 rings (SSSR count). The Morgan fingerprint density at radius 2 is 1.81 bits per heavy atom. The molecule has 8 heteroatoms. The van der Waals surface area contributed by atoms with E-state index in [-0.39, 0.29) is 11.3 Å². The molecule has 0 saturated carbocycles. The van der Waals surface area contributed by atoms with Crippen molar-refractivity contribution >= 4 is 39.0 Å². The van der Waals surface area contributed by atoms with Crippen LogP contribution in [0.3, 0.4) is 0 Å². The van der Waals surface area contributed by atoms with Crippen molar-refractivity contribution < 1.29 is 19.6 Å². The van der Waals surface area contributed by atoms with Crippen LogP contribution in [0.2, 0.25) is 0 Å². The summed E-state index contributed by atoms with van der Waals surface area (Å²) in [6.45, 7) is 0.338. The predicted octanol–water partition coefficient (Wildman–Crippen LogP) is 4.41. The molecule has 1 amide bonds. The highest BCUT2D eigenvalue weighted by Crippen LogP contribution is 2.44. The van der Waals surface area contributed by atoms with Gasteiger partial charge in [0.05, 0.1) is 17.0 Å². The van der Waals surface area contributed by atoms with Crippen LogP contribution in [0.5, 0.6) is 0 Å². The number of amides is 1. The highest BCUT2D eigenvalue weighted by atomic mass is 79.9. The lowest BCUT2D eigenvalue weighted by atomic mass is 9.88. The van der Waals surface area contributed by atoms with Crippen LogP contribution in [0.1, 0.15) is 27.9 Å². The van der Waals surface area contributed by atoms with E-state index in [2.05, 4.69) is 15.9 Å². The Bertz CT molecular complexity index is 1210. The molecule has 0 saturated heterocycles. The van der Waals surface area contributed by atoms with Gasteiger partial charge in [0.15, 0.2) is 11.4 Å². The molecule has 1 aliphatic rings. The van der Waals surface area contributed by atoms with Gasteiger partial charge < -0.3 is 10.0 Å². The van der Waals surface area contributed by atoms with E-state index in [9.17, 15) is 24.8 Å². The Hall–Kier alpha value is -3.36. The molecule has 1 unspecified atom stereocenters. The average molecular weight is 495 g/mol. The van der Waals surface area contributed by atoms with Crippen LogP contribution >= 0.6 is 15.9 Å². The molecule has 0 aromatic heterocycles. The van der Waals surface area contributed by atoms with E-state index in [4.69, 9.17) is 0 Å². The summed E-state index contributed by atoms with van der Waals surface area (Å²) in [7, 11) is 0. The zero-order chi connectivity index (χ0) is 22.9. The highest BCUT2D eigenvalue weighted by Gasteiger charge is 2.50. The van der Waals surface area contributed by atoms with E-state index in [0.29, 0.717) is 28.7 Å². The Balaban J connectivity index is 1.64. The Kier molecular flexibility index (Phi) is 5.90. The van der Waals surface area contributed by atoms with Gasteiger partial charge in [0, 0.05) is 34.3 Å². The van der Waals surface area contributed by atoms with E-state index in [0.717, 1.165) is 11.6 Å². The van der Waals surface area contributed by atoms with Crippen LogP contribution in [0.15, 0.2) is 77.3 Å². The van der Waals surface area contributed by atoms with E-state index in [1.165, 1.54) is 23.1 Å². The van der Waals surface area contributed by atoms with Crippen molar-refractivity contribution in [2.24, 2.45) is 0 Å². The Labute approximate surface area is 192 Å². The second-order valence-corrected chi connectivity index (χ2v) is 8.54. The van der Waals surface area contributed by atoms with Crippen molar-refractivity contribution in [3.05, 3.63) is 104 Å². The van der Waals surface area contributed by atoms with Gasteiger partial charge in [-0.25, -0.2) is 0 Å². The van der Waals surface area contributed by atoms with Gasteiger partial charge in [-0.2, -0.15) is 0 Å². The molecule has 1 heterocycles. The second-order valence-electron chi connectivity index (χ2n) is 7.62. The number of ketones is 1. The van der Waals surface area contributed by atoms with Crippen molar-refractivity contribution in [1.29, 1.82) is 0 Å². The molecule has 0 spiro atoms. The number of rotatable bonds is 7. The number of fused-ring (bicyclic) bond motifs is 1. The Morgan fingerprint density at radius 1 is 1.06 bits per heavy atom. The molecule has 3 aromatic rings. The number of nitrogens with zero attached hydrogens (tertiary/aromatic N) is 2. The summed E-state index contributed by atoms with van der Waals surface area (Å²) in [5.41, 5.74) is -0.292. The molecule has 3 aromatic carbocycles. The van der Waals surface area contributed by atoms with Gasteiger partial charge in [0.25, 0.3) is 11.6 Å². The second kappa shape index (κ2) is 8.64. The summed E-state index contributed by atoms with van der Waals surface area (Å²) in [6, 6.07) is 20.1. The van der Waals surface area contributed by atoms with Crippen LogP contribution in [0.25, 0.3) is 0 Å². The van der Waals surface area contributed by atoms with E-state index in [1.54, 1.807) is 18.2 Å². The van der Waals surface area contributed by atoms with Gasteiger partial charge in [-0.3, -0.25) is 19.7 Å². The molecule has 7 nitrogen and oxygen atoms in total. The van der Waals surface area contributed by atoms with Gasteiger partial charge in [-0.05, 0) is 30.2 Å². The number of hydrogen-bond acceptors (Lipinski definition) is 5. The first-order valence-corrected chi connectivity index (χ1v) is 10.7. The molecular formula is C24H19BrN2O5. The summed E-state index contributed by atoms with van der Waals surface area (Å²) in [4.78, 5) is 38.3. The van der Waals surface area contributed by atoms with E-state index < -0.39 is 28.6 Å². The number of non-ortho nitro benzene ring substituents is 1. The number of benzene rings is 3. The van der Waals surface area contributed by atoms with Crippen LogP contribution in [0.4, 0.5) is 11.4 Å². The van der Waals surface area contributed by atoms with Gasteiger partial charge in [-0.15, -0.1) is 0 Å². The van der Waals surface area contributed by atoms with Gasteiger partial charge >= 0.3 is 0 Å². The normalized spacial score (nSPS) is 17.3. The topological polar surface area (TPSA) is 101 Å². The first kappa shape index (κ1) is 21.9. The molecule has 162 valence electrons. The Morgan fingerprint density at radius 3 is 2.53 bits per heavy atom. The maximum Gasteiger partial charge on any atom is 0.270 e. The number of anilines is 1. The lowest BCUT2D eigenvalue weighted by Gasteiger charge is -2.23. The molecule has 0 fully saturated rings. The van der Waals surface area contributed by atoms with Crippen LogP contribution < -0.4 is 4.90 Å². The lowest BCUT2D eigenvalue weighted by Crippen LogP contribution is -2.42. The molecule has 1 N–H and O–H groups in total. The summed E-state index contributed by atoms with van der Waals surface area (Å²) in [5, 5.41) is 22.5. The van der Waals surface area contributed by atoms with Crippen molar-refractivity contribution in [2.75, 3.05) is 11.4 Å². The number of halogens is 1. The lowest BCUT2D eigenvalue weighted by molar-refractivity contribution is -0.384. The quantitative estimate of drug-likeness (QED) is 0.297. The fourth-order valence-electron chi connectivity index (χ4n) is 3.93. The molecule has 0 aliphatic carbocycles. The molecule has 1 aliphatic heterocycles. The molecule has 0 bridgehead atoms. The third-order valence-corrected chi connectivity index (χ3v) is 6.05. The minimum atomic E-state index is -2.06. The van der Waals surface area contributed by atoms with Gasteiger partial charge in [0.2, 0.25) is 0 Å². The number of nitro benzene ring substituents is 1. The van der Waals surface area contributed by atoms with Crippen LogP contribution in [0, 0.1) is 10.1 Å². The maximum atomic E-state index is 13.4. The van der Waals surface area contributed by atoms with E-state index in [1.807, 2.05) is 30.3 Å². The van der Waals surface area contributed by atoms with Crippen molar-refractivity contribution in [3.8, 4) is 0 Å². The number of hydrogen-bond donors (Lipinski definition) is 1. The fourth-order valence-corrected chi connectivity index (χ4v) is 4.29. The number of nitro groups is 1. The van der Waals surface area contributed by atoms with Crippen LogP contribution in [-0.4, -0.2) is 28.3 Å².